The molecule has 0 radical (unpaired) electrons. The standard InChI is InChI=1S/C20H22ClN3O6S/c21-16-7-5-15(6-8-16)20(27)23-11-1-2-19(26)30-13-18(25)24-12-14-3-9-17(10-4-14)31(22,28)29/h3-10H,1-2,11-13H2,(H,23,27)(H,24,25)(H2,22,28,29). The topological polar surface area (TPSA) is 145 Å². The summed E-state index contributed by atoms with van der Waals surface area (Å²) in [5.74, 6) is -1.34. The summed E-state index contributed by atoms with van der Waals surface area (Å²) >= 11 is 5.77. The van der Waals surface area contributed by atoms with Crippen molar-refractivity contribution in [3.8, 4) is 0 Å². The number of esters is 1. The highest BCUT2D eigenvalue weighted by Gasteiger charge is 2.10. The van der Waals surface area contributed by atoms with Crippen molar-refractivity contribution in [2.24, 2.45) is 5.14 Å². The number of carbonyl (C=O) groups excluding carboxylic acids is 3. The van der Waals surface area contributed by atoms with Gasteiger partial charge in [-0.2, -0.15) is 0 Å². The summed E-state index contributed by atoms with van der Waals surface area (Å²) in [7, 11) is -3.77. The van der Waals surface area contributed by atoms with E-state index >= 15 is 0 Å². The Kier molecular flexibility index (Phi) is 8.98. The van der Waals surface area contributed by atoms with E-state index in [1.807, 2.05) is 0 Å². The Morgan fingerprint density at radius 2 is 1.61 bits per heavy atom. The second-order valence-corrected chi connectivity index (χ2v) is 8.49. The maximum Gasteiger partial charge on any atom is 0.306 e. The van der Waals surface area contributed by atoms with Gasteiger partial charge in [0.2, 0.25) is 10.0 Å². The normalized spacial score (nSPS) is 10.9. The average molecular weight is 468 g/mol. The highest BCUT2D eigenvalue weighted by Crippen LogP contribution is 2.10. The predicted octanol–water partition coefficient (Wildman–Crippen LogP) is 1.36. The summed E-state index contributed by atoms with van der Waals surface area (Å²) in [6.07, 6.45) is 0.402. The van der Waals surface area contributed by atoms with E-state index in [-0.39, 0.29) is 30.3 Å². The van der Waals surface area contributed by atoms with Crippen LogP contribution in [0.4, 0.5) is 0 Å². The zero-order valence-corrected chi connectivity index (χ0v) is 18.0. The third-order valence-electron chi connectivity index (χ3n) is 4.06. The molecule has 0 heterocycles. The maximum atomic E-state index is 11.9. The fourth-order valence-corrected chi connectivity index (χ4v) is 3.05. The molecule has 0 bridgehead atoms. The van der Waals surface area contributed by atoms with Crippen LogP contribution in [0.25, 0.3) is 0 Å². The maximum absolute atomic E-state index is 11.9. The SMILES string of the molecule is NS(=O)(=O)c1ccc(CNC(=O)COC(=O)CCCNC(=O)c2ccc(Cl)cc2)cc1. The number of ether oxygens (including phenoxy) is 1. The van der Waals surface area contributed by atoms with Crippen LogP contribution in [0.15, 0.2) is 53.4 Å². The van der Waals surface area contributed by atoms with Crippen LogP contribution in [0.5, 0.6) is 0 Å². The lowest BCUT2D eigenvalue weighted by molar-refractivity contribution is -0.148. The van der Waals surface area contributed by atoms with Gasteiger partial charge in [-0.3, -0.25) is 14.4 Å². The largest absolute Gasteiger partial charge is 0.456 e. The van der Waals surface area contributed by atoms with Gasteiger partial charge in [0.05, 0.1) is 4.90 Å². The molecule has 11 heteroatoms. The highest BCUT2D eigenvalue weighted by atomic mass is 35.5. The Morgan fingerprint density at radius 3 is 2.23 bits per heavy atom. The van der Waals surface area contributed by atoms with E-state index in [1.54, 1.807) is 24.3 Å². The Hall–Kier alpha value is -2.95. The molecule has 0 fully saturated rings. The number of rotatable bonds is 10. The van der Waals surface area contributed by atoms with Crippen LogP contribution in [-0.2, 0) is 30.9 Å². The van der Waals surface area contributed by atoms with Crippen LogP contribution in [0.2, 0.25) is 5.02 Å². The zero-order valence-electron chi connectivity index (χ0n) is 16.5. The Balaban J connectivity index is 1.60. The smallest absolute Gasteiger partial charge is 0.306 e. The summed E-state index contributed by atoms with van der Waals surface area (Å²) in [5.41, 5.74) is 1.12. The minimum atomic E-state index is -3.77. The molecule has 0 aliphatic carbocycles. The number of carbonyl (C=O) groups is 3. The van der Waals surface area contributed by atoms with Gasteiger partial charge in [-0.15, -0.1) is 0 Å². The summed E-state index contributed by atoms with van der Waals surface area (Å²) in [6.45, 7) is -0.0273. The summed E-state index contributed by atoms with van der Waals surface area (Å²) in [5, 5.41) is 10.8. The number of benzene rings is 2. The molecule has 166 valence electrons. The van der Waals surface area contributed by atoms with Gasteiger partial charge in [0, 0.05) is 30.1 Å². The summed E-state index contributed by atoms with van der Waals surface area (Å²) in [4.78, 5) is 35.4. The molecular formula is C20H22ClN3O6S. The van der Waals surface area contributed by atoms with Crippen LogP contribution >= 0.6 is 11.6 Å². The number of nitrogens with one attached hydrogen (secondary N) is 2. The first-order valence-electron chi connectivity index (χ1n) is 9.23. The lowest BCUT2D eigenvalue weighted by Crippen LogP contribution is -2.29. The molecule has 31 heavy (non-hydrogen) atoms. The molecule has 0 saturated carbocycles. The lowest BCUT2D eigenvalue weighted by atomic mass is 10.2. The number of hydrogen-bond donors (Lipinski definition) is 3. The third kappa shape index (κ3) is 8.75. The van der Waals surface area contributed by atoms with Gasteiger partial charge in [-0.1, -0.05) is 23.7 Å². The van der Waals surface area contributed by atoms with E-state index in [9.17, 15) is 22.8 Å². The molecule has 2 rings (SSSR count). The summed E-state index contributed by atoms with van der Waals surface area (Å²) < 4.78 is 27.3. The Labute approximate surface area is 185 Å². The van der Waals surface area contributed by atoms with Crippen molar-refractivity contribution in [1.82, 2.24) is 10.6 Å². The van der Waals surface area contributed by atoms with Crippen LogP contribution < -0.4 is 15.8 Å². The number of hydrogen-bond acceptors (Lipinski definition) is 6. The van der Waals surface area contributed by atoms with Crippen molar-refractivity contribution in [1.29, 1.82) is 0 Å². The lowest BCUT2D eigenvalue weighted by Gasteiger charge is -2.08. The molecule has 9 nitrogen and oxygen atoms in total. The van der Waals surface area contributed by atoms with Crippen molar-refractivity contribution in [2.75, 3.05) is 13.2 Å². The Morgan fingerprint density at radius 1 is 0.968 bits per heavy atom. The summed E-state index contributed by atoms with van der Waals surface area (Å²) in [6, 6.07) is 12.1. The minimum absolute atomic E-state index is 0.0270. The molecule has 0 atom stereocenters. The van der Waals surface area contributed by atoms with Gasteiger partial charge in [0.25, 0.3) is 11.8 Å². The number of primary sulfonamides is 1. The predicted molar refractivity (Wildman–Crippen MR) is 114 cm³/mol. The Bertz CT molecular complexity index is 1020. The molecule has 0 spiro atoms. The van der Waals surface area contributed by atoms with Crippen LogP contribution in [0, 0.1) is 0 Å². The number of halogens is 1. The first kappa shape index (κ1) is 24.3. The highest BCUT2D eigenvalue weighted by molar-refractivity contribution is 7.89. The number of amides is 2. The van der Waals surface area contributed by atoms with Crippen molar-refractivity contribution in [3.63, 3.8) is 0 Å². The molecule has 0 unspecified atom stereocenters. The fraction of sp³-hybridized carbons (Fsp3) is 0.250. The van der Waals surface area contributed by atoms with Gasteiger partial charge >= 0.3 is 5.97 Å². The quantitative estimate of drug-likeness (QED) is 0.355. The van der Waals surface area contributed by atoms with E-state index in [0.29, 0.717) is 22.6 Å². The van der Waals surface area contributed by atoms with Crippen LogP contribution in [0.3, 0.4) is 0 Å². The van der Waals surface area contributed by atoms with Gasteiger partial charge in [-0.05, 0) is 48.4 Å². The molecular weight excluding hydrogens is 446 g/mol. The second-order valence-electron chi connectivity index (χ2n) is 6.49. The van der Waals surface area contributed by atoms with Crippen molar-refractivity contribution >= 4 is 39.4 Å². The molecule has 2 amide bonds. The first-order valence-corrected chi connectivity index (χ1v) is 11.2. The number of sulfonamides is 1. The zero-order chi connectivity index (χ0) is 22.9. The van der Waals surface area contributed by atoms with Crippen molar-refractivity contribution in [3.05, 3.63) is 64.7 Å². The monoisotopic (exact) mass is 467 g/mol. The van der Waals surface area contributed by atoms with Gasteiger partial charge in [0.15, 0.2) is 6.61 Å². The van der Waals surface area contributed by atoms with E-state index < -0.39 is 28.5 Å². The second kappa shape index (κ2) is 11.4. The van der Waals surface area contributed by atoms with E-state index in [2.05, 4.69) is 10.6 Å². The minimum Gasteiger partial charge on any atom is -0.456 e. The van der Waals surface area contributed by atoms with E-state index in [4.69, 9.17) is 21.5 Å². The molecule has 2 aromatic rings. The molecule has 0 aliphatic heterocycles. The molecule has 4 N–H and O–H groups in total. The van der Waals surface area contributed by atoms with Crippen molar-refractivity contribution < 1.29 is 27.5 Å². The van der Waals surface area contributed by atoms with Gasteiger partial charge in [-0.25, -0.2) is 13.6 Å². The third-order valence-corrected chi connectivity index (χ3v) is 5.24. The van der Waals surface area contributed by atoms with Gasteiger partial charge < -0.3 is 15.4 Å². The van der Waals surface area contributed by atoms with Crippen molar-refractivity contribution in [2.45, 2.75) is 24.3 Å². The first-order chi connectivity index (χ1) is 14.6. The molecule has 2 aromatic carbocycles. The van der Waals surface area contributed by atoms with E-state index in [0.717, 1.165) is 0 Å². The van der Waals surface area contributed by atoms with E-state index in [1.165, 1.54) is 24.3 Å². The fourth-order valence-electron chi connectivity index (χ4n) is 2.40. The van der Waals surface area contributed by atoms with Crippen LogP contribution in [0.1, 0.15) is 28.8 Å². The number of nitrogens with two attached hydrogens (primary N) is 1. The molecule has 0 aliphatic rings. The van der Waals surface area contributed by atoms with Gasteiger partial charge in [0.1, 0.15) is 0 Å². The molecule has 0 aromatic heterocycles. The molecule has 0 saturated heterocycles. The van der Waals surface area contributed by atoms with Crippen LogP contribution in [-0.4, -0.2) is 39.4 Å². The average Bonchev–Trinajstić information content (AvgIpc) is 2.73.